The normalized spacial score (nSPS) is 15.0. The summed E-state index contributed by atoms with van der Waals surface area (Å²) in [6.45, 7) is 10.7. The molecule has 0 saturated carbocycles. The zero-order chi connectivity index (χ0) is 12.9. The quantitative estimate of drug-likeness (QED) is 0.298. The van der Waals surface area contributed by atoms with E-state index in [2.05, 4.69) is 39.5 Å². The first-order chi connectivity index (χ1) is 8.26. The standard InChI is InChI=1S/C17H32/c1-5-8-10-11-13-14-16(4)17(7-3)15-12-9-6-2/h5,12,15-17H,1,6-11,13-14H2,2-4H3/t16?,17-/m1/s1. The fourth-order valence-electron chi connectivity index (χ4n) is 2.31. The van der Waals surface area contributed by atoms with Gasteiger partial charge in [0.25, 0.3) is 0 Å². The SMILES string of the molecule is C=CCCCCCC(C)[C@@H](C=CCCC)CC. The van der Waals surface area contributed by atoms with Gasteiger partial charge in [-0.3, -0.25) is 0 Å². The highest BCUT2D eigenvalue weighted by atomic mass is 14.2. The van der Waals surface area contributed by atoms with Gasteiger partial charge in [-0.2, -0.15) is 0 Å². The molecule has 0 aliphatic rings. The predicted molar refractivity (Wildman–Crippen MR) is 80.3 cm³/mol. The lowest BCUT2D eigenvalue weighted by Crippen LogP contribution is -2.08. The summed E-state index contributed by atoms with van der Waals surface area (Å²) in [5.41, 5.74) is 0. The highest BCUT2D eigenvalue weighted by Crippen LogP contribution is 2.23. The van der Waals surface area contributed by atoms with Crippen LogP contribution < -0.4 is 0 Å². The van der Waals surface area contributed by atoms with Gasteiger partial charge in [-0.05, 0) is 37.5 Å². The molecule has 0 aromatic rings. The summed E-state index contributed by atoms with van der Waals surface area (Å²) in [6, 6.07) is 0. The fourth-order valence-corrected chi connectivity index (χ4v) is 2.31. The molecule has 0 spiro atoms. The Bertz CT molecular complexity index is 190. The molecule has 0 aliphatic carbocycles. The summed E-state index contributed by atoms with van der Waals surface area (Å²) in [4.78, 5) is 0. The maximum atomic E-state index is 3.77. The van der Waals surface area contributed by atoms with Crippen LogP contribution in [0.4, 0.5) is 0 Å². The largest absolute Gasteiger partial charge is 0.103 e. The Hall–Kier alpha value is -0.520. The van der Waals surface area contributed by atoms with Gasteiger partial charge in [0.1, 0.15) is 0 Å². The van der Waals surface area contributed by atoms with Crippen LogP contribution in [0.3, 0.4) is 0 Å². The van der Waals surface area contributed by atoms with Crippen molar-refractivity contribution < 1.29 is 0 Å². The second-order valence-electron chi connectivity index (χ2n) is 5.19. The summed E-state index contributed by atoms with van der Waals surface area (Å²) in [5, 5.41) is 0. The molecule has 1 unspecified atom stereocenters. The molecule has 0 aromatic carbocycles. The molecule has 0 radical (unpaired) electrons. The van der Waals surface area contributed by atoms with Crippen molar-refractivity contribution in [1.29, 1.82) is 0 Å². The molecule has 0 amide bonds. The monoisotopic (exact) mass is 236 g/mol. The fraction of sp³-hybridized carbons (Fsp3) is 0.765. The van der Waals surface area contributed by atoms with E-state index in [1.54, 1.807) is 0 Å². The van der Waals surface area contributed by atoms with E-state index in [1.807, 2.05) is 6.08 Å². The van der Waals surface area contributed by atoms with Gasteiger partial charge >= 0.3 is 0 Å². The van der Waals surface area contributed by atoms with Gasteiger partial charge in [0.15, 0.2) is 0 Å². The van der Waals surface area contributed by atoms with Gasteiger partial charge < -0.3 is 0 Å². The third kappa shape index (κ3) is 9.21. The number of allylic oxidation sites excluding steroid dienone is 3. The topological polar surface area (TPSA) is 0 Å². The van der Waals surface area contributed by atoms with Crippen molar-refractivity contribution in [3.63, 3.8) is 0 Å². The molecule has 17 heavy (non-hydrogen) atoms. The molecule has 100 valence electrons. The third-order valence-corrected chi connectivity index (χ3v) is 3.61. The number of hydrogen-bond donors (Lipinski definition) is 0. The van der Waals surface area contributed by atoms with Crippen LogP contribution in [0.2, 0.25) is 0 Å². The van der Waals surface area contributed by atoms with Crippen LogP contribution in [0.5, 0.6) is 0 Å². The lowest BCUT2D eigenvalue weighted by molar-refractivity contribution is 0.375. The van der Waals surface area contributed by atoms with Crippen molar-refractivity contribution in [2.75, 3.05) is 0 Å². The van der Waals surface area contributed by atoms with Crippen molar-refractivity contribution >= 4 is 0 Å². The summed E-state index contributed by atoms with van der Waals surface area (Å²) < 4.78 is 0. The lowest BCUT2D eigenvalue weighted by atomic mass is 9.87. The van der Waals surface area contributed by atoms with E-state index in [0.717, 1.165) is 11.8 Å². The first kappa shape index (κ1) is 16.5. The molecular formula is C17H32. The Labute approximate surface area is 109 Å². The van der Waals surface area contributed by atoms with Crippen LogP contribution in [0.25, 0.3) is 0 Å². The van der Waals surface area contributed by atoms with E-state index in [0.29, 0.717) is 0 Å². The molecule has 0 heteroatoms. The van der Waals surface area contributed by atoms with Crippen LogP contribution in [0.15, 0.2) is 24.8 Å². The minimum Gasteiger partial charge on any atom is -0.103 e. The summed E-state index contributed by atoms with van der Waals surface area (Å²) >= 11 is 0. The zero-order valence-corrected chi connectivity index (χ0v) is 12.3. The van der Waals surface area contributed by atoms with Crippen molar-refractivity contribution in [3.8, 4) is 0 Å². The van der Waals surface area contributed by atoms with E-state index in [4.69, 9.17) is 0 Å². The van der Waals surface area contributed by atoms with E-state index < -0.39 is 0 Å². The Morgan fingerprint density at radius 1 is 1.06 bits per heavy atom. The predicted octanol–water partition coefficient (Wildman–Crippen LogP) is 6.14. The van der Waals surface area contributed by atoms with E-state index >= 15 is 0 Å². The maximum absolute atomic E-state index is 3.77. The smallest absolute Gasteiger partial charge is 0.0210 e. The first-order valence-corrected chi connectivity index (χ1v) is 7.53. The molecule has 0 rings (SSSR count). The van der Waals surface area contributed by atoms with Crippen molar-refractivity contribution in [2.24, 2.45) is 11.8 Å². The summed E-state index contributed by atoms with van der Waals surface area (Å²) in [6.07, 6.45) is 17.3. The molecule has 2 atom stereocenters. The maximum Gasteiger partial charge on any atom is -0.0210 e. The second-order valence-corrected chi connectivity index (χ2v) is 5.19. The Kier molecular flexibility index (Phi) is 11.6. The van der Waals surface area contributed by atoms with Gasteiger partial charge in [0.05, 0.1) is 0 Å². The van der Waals surface area contributed by atoms with Crippen LogP contribution in [-0.2, 0) is 0 Å². The molecular weight excluding hydrogens is 204 g/mol. The molecule has 0 heterocycles. The number of rotatable bonds is 11. The van der Waals surface area contributed by atoms with Crippen LogP contribution in [0.1, 0.15) is 72.1 Å². The molecule has 0 aliphatic heterocycles. The van der Waals surface area contributed by atoms with Crippen molar-refractivity contribution in [1.82, 2.24) is 0 Å². The van der Waals surface area contributed by atoms with Crippen LogP contribution in [0, 0.1) is 11.8 Å². The second kappa shape index (κ2) is 12.0. The van der Waals surface area contributed by atoms with E-state index in [1.165, 1.54) is 51.4 Å². The lowest BCUT2D eigenvalue weighted by Gasteiger charge is -2.19. The molecule has 0 N–H and O–H groups in total. The van der Waals surface area contributed by atoms with Crippen molar-refractivity contribution in [3.05, 3.63) is 24.8 Å². The van der Waals surface area contributed by atoms with Gasteiger partial charge in [-0.25, -0.2) is 0 Å². The number of unbranched alkanes of at least 4 members (excludes halogenated alkanes) is 4. The van der Waals surface area contributed by atoms with Gasteiger partial charge in [0.2, 0.25) is 0 Å². The minimum atomic E-state index is 0.793. The van der Waals surface area contributed by atoms with E-state index in [-0.39, 0.29) is 0 Å². The minimum absolute atomic E-state index is 0.793. The Morgan fingerprint density at radius 2 is 1.82 bits per heavy atom. The number of hydrogen-bond acceptors (Lipinski definition) is 0. The Balaban J connectivity index is 3.75. The van der Waals surface area contributed by atoms with Crippen LogP contribution >= 0.6 is 0 Å². The third-order valence-electron chi connectivity index (χ3n) is 3.61. The molecule has 0 saturated heterocycles. The highest BCUT2D eigenvalue weighted by Gasteiger charge is 2.11. The molecule has 0 bridgehead atoms. The van der Waals surface area contributed by atoms with E-state index in [9.17, 15) is 0 Å². The van der Waals surface area contributed by atoms with Gasteiger partial charge in [-0.15, -0.1) is 6.58 Å². The first-order valence-electron chi connectivity index (χ1n) is 7.53. The van der Waals surface area contributed by atoms with Crippen LogP contribution in [-0.4, -0.2) is 0 Å². The van der Waals surface area contributed by atoms with Gasteiger partial charge in [-0.1, -0.05) is 64.7 Å². The average molecular weight is 236 g/mol. The average Bonchev–Trinajstić information content (AvgIpc) is 2.34. The highest BCUT2D eigenvalue weighted by molar-refractivity contribution is 4.90. The molecule has 0 fully saturated rings. The molecule has 0 nitrogen and oxygen atoms in total. The molecule has 0 aromatic heterocycles. The van der Waals surface area contributed by atoms with Crippen molar-refractivity contribution in [2.45, 2.75) is 72.1 Å². The van der Waals surface area contributed by atoms with Gasteiger partial charge in [0, 0.05) is 0 Å². The summed E-state index contributed by atoms with van der Waals surface area (Å²) in [7, 11) is 0. The Morgan fingerprint density at radius 3 is 2.41 bits per heavy atom. The summed E-state index contributed by atoms with van der Waals surface area (Å²) in [5.74, 6) is 1.64. The zero-order valence-electron chi connectivity index (χ0n) is 12.3.